The smallest absolute Gasteiger partial charge is 0.254 e. The molecule has 2 unspecified atom stereocenters. The lowest BCUT2D eigenvalue weighted by molar-refractivity contribution is -0.0559. The van der Waals surface area contributed by atoms with E-state index in [0.717, 1.165) is 0 Å². The summed E-state index contributed by atoms with van der Waals surface area (Å²) in [5.74, 6) is -0.374. The third-order valence-corrected chi connectivity index (χ3v) is 3.93. The van der Waals surface area contributed by atoms with Crippen LogP contribution in [0, 0.1) is 12.7 Å². The highest BCUT2D eigenvalue weighted by Crippen LogP contribution is 2.18. The van der Waals surface area contributed by atoms with E-state index in [0.29, 0.717) is 29.5 Å². The number of benzene rings is 1. The number of carbonyl (C=O) groups is 1. The van der Waals surface area contributed by atoms with Crippen molar-refractivity contribution in [2.24, 2.45) is 0 Å². The largest absolute Gasteiger partial charge is 0.371 e. The van der Waals surface area contributed by atoms with Crippen LogP contribution in [0.25, 0.3) is 0 Å². The molecule has 5 heteroatoms. The molecule has 1 aromatic carbocycles. The van der Waals surface area contributed by atoms with Gasteiger partial charge in [-0.3, -0.25) is 4.79 Å². The fraction of sp³-hybridized carbons (Fsp3) is 0.500. The molecule has 1 heterocycles. The highest BCUT2D eigenvalue weighted by atomic mass is 79.9. The van der Waals surface area contributed by atoms with Crippen LogP contribution in [0.4, 0.5) is 4.39 Å². The lowest BCUT2D eigenvalue weighted by atomic mass is 10.1. The number of halogens is 2. The van der Waals surface area contributed by atoms with E-state index in [1.165, 1.54) is 12.1 Å². The minimum Gasteiger partial charge on any atom is -0.371 e. The Morgan fingerprint density at radius 3 is 2.89 bits per heavy atom. The van der Waals surface area contributed by atoms with Crippen LogP contribution in [0.1, 0.15) is 22.8 Å². The average molecular weight is 330 g/mol. The Balaban J connectivity index is 2.18. The van der Waals surface area contributed by atoms with Crippen LogP contribution >= 0.6 is 15.9 Å². The number of alkyl halides is 1. The first-order valence-electron chi connectivity index (χ1n) is 6.28. The highest BCUT2D eigenvalue weighted by Gasteiger charge is 2.28. The molecule has 0 saturated carbocycles. The number of aryl methyl sites for hydroxylation is 1. The van der Waals surface area contributed by atoms with Crippen LogP contribution in [0.3, 0.4) is 0 Å². The van der Waals surface area contributed by atoms with Gasteiger partial charge < -0.3 is 9.64 Å². The predicted molar refractivity (Wildman–Crippen MR) is 75.2 cm³/mol. The maximum Gasteiger partial charge on any atom is 0.254 e. The molecule has 0 bridgehead atoms. The van der Waals surface area contributed by atoms with Crippen molar-refractivity contribution in [1.29, 1.82) is 0 Å². The molecule has 1 aromatic rings. The number of morpholine rings is 1. The van der Waals surface area contributed by atoms with E-state index in [-0.39, 0.29) is 23.9 Å². The van der Waals surface area contributed by atoms with Gasteiger partial charge >= 0.3 is 0 Å². The van der Waals surface area contributed by atoms with Crippen molar-refractivity contribution >= 4 is 21.8 Å². The minimum atomic E-state index is -0.317. The Kier molecular flexibility index (Phi) is 4.58. The topological polar surface area (TPSA) is 29.5 Å². The number of carbonyl (C=O) groups excluding carboxylic acids is 1. The van der Waals surface area contributed by atoms with Gasteiger partial charge in [0.05, 0.1) is 12.2 Å². The number of rotatable bonds is 2. The van der Waals surface area contributed by atoms with Gasteiger partial charge in [-0.05, 0) is 37.6 Å². The van der Waals surface area contributed by atoms with Gasteiger partial charge in [0.2, 0.25) is 0 Å². The summed E-state index contributed by atoms with van der Waals surface area (Å²) < 4.78 is 18.8. The molecule has 0 N–H and O–H groups in total. The van der Waals surface area contributed by atoms with Crippen LogP contribution in [0.2, 0.25) is 0 Å². The summed E-state index contributed by atoms with van der Waals surface area (Å²) in [5.41, 5.74) is 1.23. The second kappa shape index (κ2) is 6.01. The first kappa shape index (κ1) is 14.5. The Bertz CT molecular complexity index is 481. The van der Waals surface area contributed by atoms with E-state index in [2.05, 4.69) is 15.9 Å². The Hall–Kier alpha value is -0.940. The molecule has 2 rings (SSSR count). The SMILES string of the molecule is Cc1cc(F)ccc1C(=O)N1CC(C)OC(CBr)C1. The summed E-state index contributed by atoms with van der Waals surface area (Å²) in [6.07, 6.45) is 0.0226. The van der Waals surface area contributed by atoms with Crippen molar-refractivity contribution in [1.82, 2.24) is 4.90 Å². The molecule has 1 saturated heterocycles. The second-order valence-corrected chi connectivity index (χ2v) is 5.54. The molecule has 1 aliphatic rings. The van der Waals surface area contributed by atoms with Gasteiger partial charge in [-0.25, -0.2) is 4.39 Å². The molecular weight excluding hydrogens is 313 g/mol. The van der Waals surface area contributed by atoms with E-state index < -0.39 is 0 Å². The Morgan fingerprint density at radius 2 is 2.26 bits per heavy atom. The van der Waals surface area contributed by atoms with E-state index >= 15 is 0 Å². The molecule has 104 valence electrons. The zero-order valence-corrected chi connectivity index (χ0v) is 12.6. The van der Waals surface area contributed by atoms with Gasteiger partial charge in [-0.1, -0.05) is 15.9 Å². The summed E-state index contributed by atoms with van der Waals surface area (Å²) >= 11 is 3.38. The second-order valence-electron chi connectivity index (χ2n) is 4.89. The molecule has 1 amide bonds. The molecule has 1 fully saturated rings. The number of hydrogen-bond acceptors (Lipinski definition) is 2. The molecule has 19 heavy (non-hydrogen) atoms. The quantitative estimate of drug-likeness (QED) is 0.781. The van der Waals surface area contributed by atoms with E-state index in [9.17, 15) is 9.18 Å². The van der Waals surface area contributed by atoms with Crippen molar-refractivity contribution in [3.63, 3.8) is 0 Å². The normalized spacial score (nSPS) is 23.5. The van der Waals surface area contributed by atoms with Gasteiger partial charge in [0, 0.05) is 24.0 Å². The maximum atomic E-state index is 13.1. The highest BCUT2D eigenvalue weighted by molar-refractivity contribution is 9.09. The standard InChI is InChI=1S/C14H17BrFNO2/c1-9-5-11(16)3-4-13(9)14(18)17-7-10(2)19-12(6-15)8-17/h3-5,10,12H,6-8H2,1-2H3. The summed E-state index contributed by atoms with van der Waals surface area (Å²) in [6, 6.07) is 4.27. The van der Waals surface area contributed by atoms with Crippen LogP contribution in [-0.2, 0) is 4.74 Å². The molecule has 0 aliphatic carbocycles. The zero-order chi connectivity index (χ0) is 14.0. The van der Waals surface area contributed by atoms with Crippen molar-refractivity contribution < 1.29 is 13.9 Å². The summed E-state index contributed by atoms with van der Waals surface area (Å²) in [5, 5.41) is 0.698. The van der Waals surface area contributed by atoms with Gasteiger partial charge in [0.1, 0.15) is 5.82 Å². The predicted octanol–water partition coefficient (Wildman–Crippen LogP) is 2.76. The van der Waals surface area contributed by atoms with Crippen LogP contribution in [-0.4, -0.2) is 41.4 Å². The molecule has 0 radical (unpaired) electrons. The van der Waals surface area contributed by atoms with Gasteiger partial charge in [-0.2, -0.15) is 0 Å². The third kappa shape index (κ3) is 3.34. The number of amides is 1. The number of hydrogen-bond donors (Lipinski definition) is 0. The fourth-order valence-electron chi connectivity index (χ4n) is 2.33. The van der Waals surface area contributed by atoms with Gasteiger partial charge in [0.15, 0.2) is 0 Å². The lowest BCUT2D eigenvalue weighted by Gasteiger charge is -2.36. The zero-order valence-electron chi connectivity index (χ0n) is 11.0. The number of nitrogens with zero attached hydrogens (tertiary/aromatic N) is 1. The maximum absolute atomic E-state index is 13.1. The van der Waals surface area contributed by atoms with Crippen molar-refractivity contribution in [3.05, 3.63) is 35.1 Å². The van der Waals surface area contributed by atoms with Crippen molar-refractivity contribution in [3.8, 4) is 0 Å². The van der Waals surface area contributed by atoms with E-state index in [1.54, 1.807) is 17.9 Å². The van der Waals surface area contributed by atoms with Crippen LogP contribution < -0.4 is 0 Å². The number of ether oxygens (including phenoxy) is 1. The fourth-order valence-corrected chi connectivity index (χ4v) is 2.69. The lowest BCUT2D eigenvalue weighted by Crippen LogP contribution is -2.49. The Morgan fingerprint density at radius 1 is 1.53 bits per heavy atom. The van der Waals surface area contributed by atoms with Crippen molar-refractivity contribution in [2.75, 3.05) is 18.4 Å². The monoisotopic (exact) mass is 329 g/mol. The summed E-state index contributed by atoms with van der Waals surface area (Å²) in [4.78, 5) is 14.2. The Labute approximate surface area is 120 Å². The van der Waals surface area contributed by atoms with Crippen LogP contribution in [0.15, 0.2) is 18.2 Å². The molecule has 3 nitrogen and oxygen atoms in total. The van der Waals surface area contributed by atoms with Crippen molar-refractivity contribution in [2.45, 2.75) is 26.1 Å². The minimum absolute atomic E-state index is 0.00783. The van der Waals surface area contributed by atoms with E-state index in [1.807, 2.05) is 6.92 Å². The summed E-state index contributed by atoms with van der Waals surface area (Å²) in [6.45, 7) is 4.83. The third-order valence-electron chi connectivity index (χ3n) is 3.20. The van der Waals surface area contributed by atoms with E-state index in [4.69, 9.17) is 4.74 Å². The molecule has 1 aliphatic heterocycles. The molecular formula is C14H17BrFNO2. The molecule has 2 atom stereocenters. The average Bonchev–Trinajstić information content (AvgIpc) is 2.37. The van der Waals surface area contributed by atoms with Gasteiger partial charge in [-0.15, -0.1) is 0 Å². The summed E-state index contributed by atoms with van der Waals surface area (Å²) in [7, 11) is 0. The van der Waals surface area contributed by atoms with Crippen LogP contribution in [0.5, 0.6) is 0 Å². The first-order chi connectivity index (χ1) is 9.01. The van der Waals surface area contributed by atoms with Gasteiger partial charge in [0.25, 0.3) is 5.91 Å². The molecule has 0 spiro atoms. The first-order valence-corrected chi connectivity index (χ1v) is 7.40. The molecule has 0 aromatic heterocycles.